The topological polar surface area (TPSA) is 47.8 Å². The fourth-order valence-corrected chi connectivity index (χ4v) is 3.75. The van der Waals surface area contributed by atoms with Crippen LogP contribution in [0.5, 0.6) is 0 Å². The minimum absolute atomic E-state index is 0.108. The molecule has 2 fully saturated rings. The molecular weight excluding hydrogens is 377 g/mol. The molecular formula is C22H19ClFN3O. The number of carbonyl (C=O) groups excluding carboxylic acids is 1. The second-order valence-corrected chi connectivity index (χ2v) is 8.21. The minimum Gasteiger partial charge on any atom is -0.294 e. The van der Waals surface area contributed by atoms with Crippen molar-refractivity contribution in [1.82, 2.24) is 14.8 Å². The number of hydrogen-bond acceptors (Lipinski definition) is 3. The van der Waals surface area contributed by atoms with Gasteiger partial charge in [0.05, 0.1) is 28.7 Å². The second kappa shape index (κ2) is 6.82. The summed E-state index contributed by atoms with van der Waals surface area (Å²) in [6.07, 6.45) is 12.1. The van der Waals surface area contributed by atoms with E-state index in [1.54, 1.807) is 23.1 Å². The number of Topliss-reactive ketones (excluding diaryl/α,β-unsaturated/α-hetero) is 1. The average molecular weight is 396 g/mol. The molecule has 142 valence electrons. The molecule has 0 bridgehead atoms. The Hall–Kier alpha value is -2.53. The predicted molar refractivity (Wildman–Crippen MR) is 105 cm³/mol. The molecule has 5 rings (SSSR count). The highest BCUT2D eigenvalue weighted by molar-refractivity contribution is 6.33. The van der Waals surface area contributed by atoms with Crippen LogP contribution < -0.4 is 0 Å². The highest BCUT2D eigenvalue weighted by atomic mass is 35.5. The Morgan fingerprint density at radius 2 is 1.96 bits per heavy atom. The van der Waals surface area contributed by atoms with Crippen molar-refractivity contribution >= 4 is 17.4 Å². The molecule has 6 heteroatoms. The lowest BCUT2D eigenvalue weighted by atomic mass is 10.00. The Morgan fingerprint density at radius 1 is 1.14 bits per heavy atom. The first kappa shape index (κ1) is 17.6. The van der Waals surface area contributed by atoms with Gasteiger partial charge in [-0.2, -0.15) is 5.10 Å². The monoisotopic (exact) mass is 395 g/mol. The summed E-state index contributed by atoms with van der Waals surface area (Å²) in [5.74, 6) is 0.286. The standard InChI is InChI=1S/C22H19ClFN3O/c23-20-8-21(24)19(22(28)5-13-1-2-13)7-18(20)16-10-26-27(12-16)17-6-15(9-25-11-17)14-3-4-14/h6-14H,1-5H2. The van der Waals surface area contributed by atoms with Crippen molar-refractivity contribution in [1.29, 1.82) is 0 Å². The molecule has 0 saturated heterocycles. The maximum Gasteiger partial charge on any atom is 0.166 e. The number of pyridine rings is 1. The molecule has 0 radical (unpaired) electrons. The molecule has 0 aliphatic heterocycles. The van der Waals surface area contributed by atoms with E-state index in [-0.39, 0.29) is 16.4 Å². The summed E-state index contributed by atoms with van der Waals surface area (Å²) < 4.78 is 16.1. The zero-order chi connectivity index (χ0) is 19.3. The van der Waals surface area contributed by atoms with Gasteiger partial charge >= 0.3 is 0 Å². The summed E-state index contributed by atoms with van der Waals surface area (Å²) in [6, 6.07) is 4.88. The molecule has 3 aromatic rings. The van der Waals surface area contributed by atoms with Crippen LogP contribution in [0.25, 0.3) is 16.8 Å². The van der Waals surface area contributed by atoms with E-state index in [0.717, 1.165) is 24.1 Å². The van der Waals surface area contributed by atoms with Crippen molar-refractivity contribution < 1.29 is 9.18 Å². The Kier molecular flexibility index (Phi) is 4.27. The van der Waals surface area contributed by atoms with Crippen molar-refractivity contribution in [3.63, 3.8) is 0 Å². The van der Waals surface area contributed by atoms with Crippen LogP contribution in [0.15, 0.2) is 43.0 Å². The van der Waals surface area contributed by atoms with E-state index in [9.17, 15) is 9.18 Å². The maximum atomic E-state index is 14.3. The van der Waals surface area contributed by atoms with Crippen molar-refractivity contribution in [3.8, 4) is 16.8 Å². The summed E-state index contributed by atoms with van der Waals surface area (Å²) >= 11 is 6.29. The van der Waals surface area contributed by atoms with Crippen LogP contribution in [0.3, 0.4) is 0 Å². The molecule has 1 aromatic carbocycles. The Balaban J connectivity index is 1.48. The molecule has 0 amide bonds. The zero-order valence-corrected chi connectivity index (χ0v) is 16.0. The fraction of sp³-hybridized carbons (Fsp3) is 0.318. The Morgan fingerprint density at radius 3 is 2.71 bits per heavy atom. The van der Waals surface area contributed by atoms with E-state index in [4.69, 9.17) is 11.6 Å². The van der Waals surface area contributed by atoms with E-state index in [1.165, 1.54) is 24.5 Å². The lowest BCUT2D eigenvalue weighted by Gasteiger charge is -2.07. The third kappa shape index (κ3) is 3.47. The van der Waals surface area contributed by atoms with E-state index < -0.39 is 5.82 Å². The first-order valence-corrected chi connectivity index (χ1v) is 9.99. The summed E-state index contributed by atoms with van der Waals surface area (Å²) in [6.45, 7) is 0. The Bertz CT molecular complexity index is 1070. The van der Waals surface area contributed by atoms with Crippen LogP contribution in [0.2, 0.25) is 5.02 Å². The minimum atomic E-state index is -0.562. The number of benzene rings is 1. The maximum absolute atomic E-state index is 14.3. The molecule has 0 N–H and O–H groups in total. The van der Waals surface area contributed by atoms with E-state index in [0.29, 0.717) is 23.8 Å². The zero-order valence-electron chi connectivity index (χ0n) is 15.2. The van der Waals surface area contributed by atoms with Gasteiger partial charge in [0, 0.05) is 29.9 Å². The number of halogens is 2. The second-order valence-electron chi connectivity index (χ2n) is 7.81. The van der Waals surface area contributed by atoms with E-state index in [1.807, 2.05) is 12.4 Å². The molecule has 0 spiro atoms. The number of ketones is 1. The van der Waals surface area contributed by atoms with Crippen LogP contribution in [0, 0.1) is 11.7 Å². The predicted octanol–water partition coefficient (Wildman–Crippen LogP) is 5.59. The molecule has 2 aromatic heterocycles. The summed E-state index contributed by atoms with van der Waals surface area (Å²) in [7, 11) is 0. The van der Waals surface area contributed by atoms with Gasteiger partial charge in [0.1, 0.15) is 5.82 Å². The molecule has 0 unspecified atom stereocenters. The quantitative estimate of drug-likeness (QED) is 0.511. The van der Waals surface area contributed by atoms with Crippen LogP contribution in [0.1, 0.15) is 53.9 Å². The first-order chi connectivity index (χ1) is 13.6. The van der Waals surface area contributed by atoms with E-state index in [2.05, 4.69) is 16.1 Å². The number of aromatic nitrogens is 3. The van der Waals surface area contributed by atoms with Gasteiger partial charge in [-0.25, -0.2) is 9.07 Å². The highest BCUT2D eigenvalue weighted by Crippen LogP contribution is 2.40. The van der Waals surface area contributed by atoms with E-state index >= 15 is 0 Å². The average Bonchev–Trinajstić information content (AvgIpc) is 3.61. The summed E-state index contributed by atoms with van der Waals surface area (Å²) in [5, 5.41) is 4.69. The normalized spacial score (nSPS) is 16.4. The molecule has 4 nitrogen and oxygen atoms in total. The molecule has 28 heavy (non-hydrogen) atoms. The number of carbonyl (C=O) groups is 1. The van der Waals surface area contributed by atoms with Crippen molar-refractivity contribution in [3.05, 3.63) is 65.0 Å². The first-order valence-electron chi connectivity index (χ1n) is 9.61. The Labute approximate surface area is 167 Å². The van der Waals surface area contributed by atoms with Gasteiger partial charge in [-0.3, -0.25) is 9.78 Å². The highest BCUT2D eigenvalue weighted by Gasteiger charge is 2.27. The van der Waals surface area contributed by atoms with Gasteiger partial charge in [-0.05, 0) is 61.3 Å². The number of nitrogens with zero attached hydrogens (tertiary/aromatic N) is 3. The van der Waals surface area contributed by atoms with Gasteiger partial charge in [0.25, 0.3) is 0 Å². The molecule has 2 aliphatic rings. The van der Waals surface area contributed by atoms with Gasteiger partial charge in [0.15, 0.2) is 5.78 Å². The molecule has 2 saturated carbocycles. The van der Waals surface area contributed by atoms with Crippen LogP contribution in [-0.2, 0) is 0 Å². The summed E-state index contributed by atoms with van der Waals surface area (Å²) in [4.78, 5) is 16.8. The van der Waals surface area contributed by atoms with Gasteiger partial charge in [-0.1, -0.05) is 11.6 Å². The van der Waals surface area contributed by atoms with Crippen LogP contribution >= 0.6 is 11.6 Å². The molecule has 0 atom stereocenters. The van der Waals surface area contributed by atoms with Crippen LogP contribution in [0.4, 0.5) is 4.39 Å². The fourth-order valence-electron chi connectivity index (χ4n) is 3.49. The van der Waals surface area contributed by atoms with Crippen LogP contribution in [-0.4, -0.2) is 20.5 Å². The smallest absolute Gasteiger partial charge is 0.166 e. The van der Waals surface area contributed by atoms with Crippen molar-refractivity contribution in [2.45, 2.75) is 38.0 Å². The van der Waals surface area contributed by atoms with Gasteiger partial charge < -0.3 is 0 Å². The third-order valence-corrected chi connectivity index (χ3v) is 5.79. The lowest BCUT2D eigenvalue weighted by molar-refractivity contribution is 0.0972. The number of hydrogen-bond donors (Lipinski definition) is 0. The molecule has 2 heterocycles. The largest absolute Gasteiger partial charge is 0.294 e. The number of rotatable bonds is 6. The lowest BCUT2D eigenvalue weighted by Crippen LogP contribution is -2.04. The van der Waals surface area contributed by atoms with Gasteiger partial charge in [-0.15, -0.1) is 0 Å². The SMILES string of the molecule is O=C(CC1CC1)c1cc(-c2cnn(-c3cncc(C4CC4)c3)c2)c(Cl)cc1F. The third-order valence-electron chi connectivity index (χ3n) is 5.48. The van der Waals surface area contributed by atoms with Crippen molar-refractivity contribution in [2.75, 3.05) is 0 Å². The molecule has 2 aliphatic carbocycles. The van der Waals surface area contributed by atoms with Gasteiger partial charge in [0.2, 0.25) is 0 Å². The summed E-state index contributed by atoms with van der Waals surface area (Å²) in [5.41, 5.74) is 3.56. The van der Waals surface area contributed by atoms with Crippen molar-refractivity contribution in [2.24, 2.45) is 5.92 Å².